The molecule has 0 bridgehead atoms. The third-order valence-electron chi connectivity index (χ3n) is 1.59. The first-order valence-corrected chi connectivity index (χ1v) is 3.54. The van der Waals surface area contributed by atoms with Crippen molar-refractivity contribution in [1.82, 2.24) is 4.98 Å². The van der Waals surface area contributed by atoms with Crippen LogP contribution in [0, 0.1) is 0 Å². The van der Waals surface area contributed by atoms with Gasteiger partial charge in [0.05, 0.1) is 0 Å². The van der Waals surface area contributed by atoms with Crippen molar-refractivity contribution in [1.29, 1.82) is 0 Å². The summed E-state index contributed by atoms with van der Waals surface area (Å²) in [7, 11) is 0. The molecule has 1 saturated carbocycles. The number of nitrogens with zero attached hydrogens (tertiary/aromatic N) is 1. The number of hydrogen-bond acceptors (Lipinski definition) is 1. The molecule has 0 aliphatic heterocycles. The van der Waals surface area contributed by atoms with Gasteiger partial charge in [-0.15, -0.1) is 0 Å². The molecule has 1 nitrogen and oxygen atoms in total. The second kappa shape index (κ2) is 2.25. The van der Waals surface area contributed by atoms with Gasteiger partial charge < -0.3 is 0 Å². The van der Waals surface area contributed by atoms with Crippen LogP contribution in [0.25, 0.3) is 6.08 Å². The summed E-state index contributed by atoms with van der Waals surface area (Å²) in [4.78, 5) is 4.02. The summed E-state index contributed by atoms with van der Waals surface area (Å²) in [6.45, 7) is 0. The van der Waals surface area contributed by atoms with Gasteiger partial charge in [-0.05, 0) is 24.5 Å². The first-order chi connectivity index (χ1) is 4.95. The van der Waals surface area contributed by atoms with Crippen LogP contribution in [0.4, 0.5) is 0 Å². The molecule has 0 spiro atoms. The number of allylic oxidation sites excluding steroid dienone is 1. The number of rotatable bonds is 1. The summed E-state index contributed by atoms with van der Waals surface area (Å²) in [5.41, 5.74) is 2.78. The quantitative estimate of drug-likeness (QED) is 0.569. The average Bonchev–Trinajstić information content (AvgIpc) is 2.74. The van der Waals surface area contributed by atoms with Crippen molar-refractivity contribution in [2.75, 3.05) is 0 Å². The van der Waals surface area contributed by atoms with Gasteiger partial charge in [0.25, 0.3) is 0 Å². The molecule has 0 saturated heterocycles. The fourth-order valence-electron chi connectivity index (χ4n) is 0.914. The van der Waals surface area contributed by atoms with E-state index >= 15 is 0 Å². The average molecular weight is 131 g/mol. The highest BCUT2D eigenvalue weighted by atomic mass is 14.6. The highest BCUT2D eigenvalue weighted by Gasteiger charge is 2.09. The normalized spacial score (nSPS) is 15.0. The second-order valence-corrected chi connectivity index (χ2v) is 2.59. The summed E-state index contributed by atoms with van der Waals surface area (Å²) in [5.74, 6) is 0. The highest BCUT2D eigenvalue weighted by molar-refractivity contribution is 5.55. The van der Waals surface area contributed by atoms with E-state index in [1.807, 2.05) is 12.3 Å². The van der Waals surface area contributed by atoms with E-state index in [4.69, 9.17) is 0 Å². The molecule has 10 heavy (non-hydrogen) atoms. The monoisotopic (exact) mass is 131 g/mol. The maximum Gasteiger partial charge on any atom is 0.0340 e. The van der Waals surface area contributed by atoms with Crippen molar-refractivity contribution in [3.8, 4) is 0 Å². The first kappa shape index (κ1) is 5.66. The third kappa shape index (κ3) is 1.24. The summed E-state index contributed by atoms with van der Waals surface area (Å²) in [6, 6.07) is 4.05. The zero-order valence-electron chi connectivity index (χ0n) is 5.75. The molecule has 0 atom stereocenters. The molecule has 0 aromatic carbocycles. The molecule has 1 aromatic rings. The smallest absolute Gasteiger partial charge is 0.0340 e. The van der Waals surface area contributed by atoms with Gasteiger partial charge in [-0.1, -0.05) is 17.7 Å². The van der Waals surface area contributed by atoms with E-state index < -0.39 is 0 Å². The molecule has 0 N–H and O–H groups in total. The minimum atomic E-state index is 1.23. The molecule has 50 valence electrons. The van der Waals surface area contributed by atoms with E-state index in [9.17, 15) is 0 Å². The SMILES string of the molecule is C(=C1CC1)c1cccnc1. The van der Waals surface area contributed by atoms with Crippen molar-refractivity contribution in [3.63, 3.8) is 0 Å². The predicted octanol–water partition coefficient (Wildman–Crippen LogP) is 2.26. The van der Waals surface area contributed by atoms with Gasteiger partial charge in [-0.2, -0.15) is 0 Å². The Labute approximate surface area is 60.4 Å². The molecule has 1 fully saturated rings. The van der Waals surface area contributed by atoms with Crippen LogP contribution in [0.1, 0.15) is 18.4 Å². The Balaban J connectivity index is 2.26. The molecule has 1 aliphatic carbocycles. The fourth-order valence-corrected chi connectivity index (χ4v) is 0.914. The molecule has 1 aliphatic rings. The minimum Gasteiger partial charge on any atom is -0.264 e. The zero-order valence-corrected chi connectivity index (χ0v) is 5.75. The van der Waals surface area contributed by atoms with Crippen molar-refractivity contribution in [2.45, 2.75) is 12.8 Å². The lowest BCUT2D eigenvalue weighted by Crippen LogP contribution is -1.71. The number of pyridine rings is 1. The van der Waals surface area contributed by atoms with E-state index in [0.29, 0.717) is 0 Å². The van der Waals surface area contributed by atoms with E-state index in [2.05, 4.69) is 17.1 Å². The molecular formula is C9H9N. The first-order valence-electron chi connectivity index (χ1n) is 3.54. The molecule has 0 radical (unpaired) electrons. The Morgan fingerprint density at radius 2 is 2.30 bits per heavy atom. The van der Waals surface area contributed by atoms with Crippen molar-refractivity contribution < 1.29 is 0 Å². The van der Waals surface area contributed by atoms with Crippen LogP contribution >= 0.6 is 0 Å². The molecule has 0 amide bonds. The van der Waals surface area contributed by atoms with E-state index in [0.717, 1.165) is 0 Å². The third-order valence-corrected chi connectivity index (χ3v) is 1.59. The van der Waals surface area contributed by atoms with Crippen LogP contribution in [0.2, 0.25) is 0 Å². The van der Waals surface area contributed by atoms with Gasteiger partial charge in [0.2, 0.25) is 0 Å². The molecule has 1 heteroatoms. The van der Waals surface area contributed by atoms with Crippen LogP contribution in [0.5, 0.6) is 0 Å². The van der Waals surface area contributed by atoms with Crippen molar-refractivity contribution in [2.24, 2.45) is 0 Å². The Kier molecular flexibility index (Phi) is 1.28. The fraction of sp³-hybridized carbons (Fsp3) is 0.222. The Morgan fingerprint density at radius 1 is 1.40 bits per heavy atom. The molecule has 0 unspecified atom stereocenters. The second-order valence-electron chi connectivity index (χ2n) is 2.59. The van der Waals surface area contributed by atoms with Crippen LogP contribution in [-0.2, 0) is 0 Å². The van der Waals surface area contributed by atoms with E-state index in [-0.39, 0.29) is 0 Å². The minimum absolute atomic E-state index is 1.23. The van der Waals surface area contributed by atoms with Gasteiger partial charge in [0.15, 0.2) is 0 Å². The van der Waals surface area contributed by atoms with Crippen LogP contribution in [0.15, 0.2) is 30.1 Å². The van der Waals surface area contributed by atoms with Gasteiger partial charge in [-0.25, -0.2) is 0 Å². The van der Waals surface area contributed by atoms with Gasteiger partial charge in [-0.3, -0.25) is 4.98 Å². The molecule has 2 rings (SSSR count). The summed E-state index contributed by atoms with van der Waals surface area (Å²) in [6.07, 6.45) is 8.48. The molecule has 1 aromatic heterocycles. The largest absolute Gasteiger partial charge is 0.264 e. The summed E-state index contributed by atoms with van der Waals surface area (Å²) >= 11 is 0. The van der Waals surface area contributed by atoms with E-state index in [1.54, 1.807) is 11.8 Å². The Hall–Kier alpha value is -1.11. The maximum absolute atomic E-state index is 4.02. The van der Waals surface area contributed by atoms with Gasteiger partial charge in [0, 0.05) is 12.4 Å². The van der Waals surface area contributed by atoms with Crippen LogP contribution < -0.4 is 0 Å². The molecule has 1 heterocycles. The van der Waals surface area contributed by atoms with Crippen LogP contribution in [-0.4, -0.2) is 4.98 Å². The lowest BCUT2D eigenvalue weighted by molar-refractivity contribution is 1.32. The Bertz CT molecular complexity index is 243. The zero-order chi connectivity index (χ0) is 6.81. The lowest BCUT2D eigenvalue weighted by atomic mass is 10.2. The van der Waals surface area contributed by atoms with Gasteiger partial charge in [0.1, 0.15) is 0 Å². The standard InChI is InChI=1S/C9H9N/c1-2-9(7-10-5-1)6-8-3-4-8/h1-2,5-7H,3-4H2. The number of hydrogen-bond donors (Lipinski definition) is 0. The van der Waals surface area contributed by atoms with Crippen molar-refractivity contribution in [3.05, 3.63) is 35.7 Å². The predicted molar refractivity (Wildman–Crippen MR) is 41.4 cm³/mol. The summed E-state index contributed by atoms with van der Waals surface area (Å²) < 4.78 is 0. The maximum atomic E-state index is 4.02. The highest BCUT2D eigenvalue weighted by Crippen LogP contribution is 2.29. The van der Waals surface area contributed by atoms with Crippen molar-refractivity contribution >= 4 is 6.08 Å². The van der Waals surface area contributed by atoms with E-state index in [1.165, 1.54) is 18.4 Å². The lowest BCUT2D eigenvalue weighted by Gasteiger charge is -1.86. The Morgan fingerprint density at radius 3 is 2.90 bits per heavy atom. The topological polar surface area (TPSA) is 12.9 Å². The summed E-state index contributed by atoms with van der Waals surface area (Å²) in [5, 5.41) is 0. The van der Waals surface area contributed by atoms with Crippen LogP contribution in [0.3, 0.4) is 0 Å². The molecular weight excluding hydrogens is 122 g/mol. The van der Waals surface area contributed by atoms with Gasteiger partial charge >= 0.3 is 0 Å². The number of aromatic nitrogens is 1.